The van der Waals surface area contributed by atoms with Crippen molar-refractivity contribution in [2.45, 2.75) is 19.8 Å². The molecule has 0 unspecified atom stereocenters. The summed E-state index contributed by atoms with van der Waals surface area (Å²) < 4.78 is 6.43. The SMILES string of the molecule is COC(=O)c1cc([C@H]2[C@H](CN)C2(C)C)n(C)n1. The Hall–Kier alpha value is -1.36. The highest BCUT2D eigenvalue weighted by atomic mass is 16.5. The molecule has 1 saturated carbocycles. The van der Waals surface area contributed by atoms with Crippen LogP contribution in [0.5, 0.6) is 0 Å². The molecule has 0 saturated heterocycles. The zero-order chi connectivity index (χ0) is 12.8. The van der Waals surface area contributed by atoms with Gasteiger partial charge in [0.1, 0.15) is 0 Å². The lowest BCUT2D eigenvalue weighted by Gasteiger charge is -2.02. The fraction of sp³-hybridized carbons (Fsp3) is 0.667. The van der Waals surface area contributed by atoms with Crippen LogP contribution < -0.4 is 5.73 Å². The fourth-order valence-electron chi connectivity index (χ4n) is 2.75. The molecule has 0 radical (unpaired) electrons. The Balaban J connectivity index is 2.29. The molecular weight excluding hydrogens is 218 g/mol. The number of nitrogens with zero attached hydrogens (tertiary/aromatic N) is 2. The number of carbonyl (C=O) groups excluding carboxylic acids is 1. The second kappa shape index (κ2) is 3.84. The molecular formula is C12H19N3O2. The van der Waals surface area contributed by atoms with Gasteiger partial charge in [-0.05, 0) is 23.9 Å². The number of hydrogen-bond donors (Lipinski definition) is 1. The van der Waals surface area contributed by atoms with Gasteiger partial charge in [0.2, 0.25) is 0 Å². The Morgan fingerprint density at radius 2 is 2.29 bits per heavy atom. The van der Waals surface area contributed by atoms with Crippen molar-refractivity contribution in [3.63, 3.8) is 0 Å². The van der Waals surface area contributed by atoms with Gasteiger partial charge in [-0.1, -0.05) is 13.8 Å². The number of esters is 1. The highest BCUT2D eigenvalue weighted by Crippen LogP contribution is 2.63. The van der Waals surface area contributed by atoms with E-state index in [0.717, 1.165) is 5.69 Å². The van der Waals surface area contributed by atoms with E-state index < -0.39 is 5.97 Å². The minimum atomic E-state index is -0.394. The Morgan fingerprint density at radius 1 is 1.65 bits per heavy atom. The molecule has 1 aliphatic carbocycles. The van der Waals surface area contributed by atoms with Gasteiger partial charge in [-0.15, -0.1) is 0 Å². The number of aromatic nitrogens is 2. The topological polar surface area (TPSA) is 70.1 Å². The van der Waals surface area contributed by atoms with E-state index in [-0.39, 0.29) is 5.41 Å². The number of ether oxygens (including phenoxy) is 1. The smallest absolute Gasteiger partial charge is 0.358 e. The summed E-state index contributed by atoms with van der Waals surface area (Å²) in [6, 6.07) is 1.81. The average molecular weight is 237 g/mol. The third-order valence-corrected chi connectivity index (χ3v) is 3.93. The normalized spacial score (nSPS) is 25.7. The van der Waals surface area contributed by atoms with Crippen molar-refractivity contribution < 1.29 is 9.53 Å². The van der Waals surface area contributed by atoms with Gasteiger partial charge in [-0.2, -0.15) is 5.10 Å². The van der Waals surface area contributed by atoms with Crippen molar-refractivity contribution >= 4 is 5.97 Å². The molecule has 5 heteroatoms. The minimum Gasteiger partial charge on any atom is -0.464 e. The Kier molecular flexibility index (Phi) is 2.73. The zero-order valence-electron chi connectivity index (χ0n) is 10.7. The molecule has 2 N–H and O–H groups in total. The van der Waals surface area contributed by atoms with E-state index in [0.29, 0.717) is 24.1 Å². The van der Waals surface area contributed by atoms with Gasteiger partial charge < -0.3 is 10.5 Å². The number of methoxy groups -OCH3 is 1. The number of aryl methyl sites for hydroxylation is 1. The van der Waals surface area contributed by atoms with Crippen LogP contribution in [0.15, 0.2) is 6.07 Å². The quantitative estimate of drug-likeness (QED) is 0.793. The molecule has 1 fully saturated rings. The van der Waals surface area contributed by atoms with Crippen LogP contribution in [0, 0.1) is 11.3 Å². The van der Waals surface area contributed by atoms with Gasteiger partial charge in [0.15, 0.2) is 5.69 Å². The molecule has 1 aromatic heterocycles. The molecule has 0 aliphatic heterocycles. The van der Waals surface area contributed by atoms with E-state index in [1.165, 1.54) is 7.11 Å². The van der Waals surface area contributed by atoms with Crippen LogP contribution in [-0.2, 0) is 11.8 Å². The third-order valence-electron chi connectivity index (χ3n) is 3.93. The van der Waals surface area contributed by atoms with Crippen molar-refractivity contribution in [2.75, 3.05) is 13.7 Å². The molecule has 94 valence electrons. The summed E-state index contributed by atoms with van der Waals surface area (Å²) in [6.45, 7) is 5.05. The number of carbonyl (C=O) groups is 1. The summed E-state index contributed by atoms with van der Waals surface area (Å²) in [7, 11) is 3.21. The summed E-state index contributed by atoms with van der Waals surface area (Å²) in [5.74, 6) is 0.446. The van der Waals surface area contributed by atoms with Gasteiger partial charge in [-0.3, -0.25) is 4.68 Å². The first-order valence-electron chi connectivity index (χ1n) is 5.75. The van der Waals surface area contributed by atoms with Crippen LogP contribution in [0.25, 0.3) is 0 Å². The molecule has 17 heavy (non-hydrogen) atoms. The van der Waals surface area contributed by atoms with E-state index in [2.05, 4.69) is 23.7 Å². The second-order valence-electron chi connectivity index (χ2n) is 5.21. The van der Waals surface area contributed by atoms with Gasteiger partial charge in [0, 0.05) is 18.7 Å². The number of hydrogen-bond acceptors (Lipinski definition) is 4. The number of rotatable bonds is 3. The van der Waals surface area contributed by atoms with Crippen LogP contribution in [0.3, 0.4) is 0 Å². The van der Waals surface area contributed by atoms with Crippen LogP contribution in [0.4, 0.5) is 0 Å². The highest BCUT2D eigenvalue weighted by Gasteiger charge is 2.58. The standard InChI is InChI=1S/C12H19N3O2/c1-12(2)7(6-13)10(12)9-5-8(11(16)17-4)14-15(9)3/h5,7,10H,6,13H2,1-4H3/t7-,10+/m0/s1. The molecule has 1 aliphatic rings. The predicted octanol–water partition coefficient (Wildman–Crippen LogP) is 0.905. The van der Waals surface area contributed by atoms with Gasteiger partial charge in [-0.25, -0.2) is 4.79 Å². The first kappa shape index (κ1) is 12.1. The lowest BCUT2D eigenvalue weighted by Crippen LogP contribution is -2.05. The van der Waals surface area contributed by atoms with Crippen molar-refractivity contribution in [3.05, 3.63) is 17.5 Å². The lowest BCUT2D eigenvalue weighted by atomic mass is 10.1. The highest BCUT2D eigenvalue weighted by molar-refractivity contribution is 5.87. The maximum Gasteiger partial charge on any atom is 0.358 e. The zero-order valence-corrected chi connectivity index (χ0v) is 10.7. The molecule has 0 amide bonds. The van der Waals surface area contributed by atoms with E-state index in [4.69, 9.17) is 5.73 Å². The van der Waals surface area contributed by atoms with Crippen LogP contribution >= 0.6 is 0 Å². The Morgan fingerprint density at radius 3 is 2.76 bits per heavy atom. The third kappa shape index (κ3) is 1.74. The molecule has 0 spiro atoms. The van der Waals surface area contributed by atoms with E-state index in [1.54, 1.807) is 4.68 Å². The summed E-state index contributed by atoms with van der Waals surface area (Å²) in [5.41, 5.74) is 7.37. The average Bonchev–Trinajstić information content (AvgIpc) is 2.63. The summed E-state index contributed by atoms with van der Waals surface area (Å²) in [4.78, 5) is 11.4. The van der Waals surface area contributed by atoms with E-state index >= 15 is 0 Å². The largest absolute Gasteiger partial charge is 0.464 e. The molecule has 2 rings (SSSR count). The molecule has 5 nitrogen and oxygen atoms in total. The molecule has 0 aromatic carbocycles. The van der Waals surface area contributed by atoms with Crippen molar-refractivity contribution in [1.29, 1.82) is 0 Å². The predicted molar refractivity (Wildman–Crippen MR) is 63.6 cm³/mol. The molecule has 1 heterocycles. The Labute approximate surface area is 101 Å². The summed E-state index contributed by atoms with van der Waals surface area (Å²) in [5, 5.41) is 4.18. The molecule has 0 bridgehead atoms. The lowest BCUT2D eigenvalue weighted by molar-refractivity contribution is 0.0593. The molecule has 2 atom stereocenters. The van der Waals surface area contributed by atoms with Crippen LogP contribution in [0.1, 0.15) is 35.9 Å². The monoisotopic (exact) mass is 237 g/mol. The van der Waals surface area contributed by atoms with Gasteiger partial charge in [0.05, 0.1) is 7.11 Å². The maximum absolute atomic E-state index is 11.4. The first-order chi connectivity index (χ1) is 7.93. The summed E-state index contributed by atoms with van der Waals surface area (Å²) >= 11 is 0. The first-order valence-corrected chi connectivity index (χ1v) is 5.75. The van der Waals surface area contributed by atoms with Gasteiger partial charge >= 0.3 is 5.97 Å². The fourth-order valence-corrected chi connectivity index (χ4v) is 2.75. The second-order valence-corrected chi connectivity index (χ2v) is 5.21. The Bertz CT molecular complexity index is 451. The van der Waals surface area contributed by atoms with Crippen molar-refractivity contribution in [3.8, 4) is 0 Å². The maximum atomic E-state index is 11.4. The van der Waals surface area contributed by atoms with Crippen LogP contribution in [0.2, 0.25) is 0 Å². The van der Waals surface area contributed by atoms with Crippen molar-refractivity contribution in [1.82, 2.24) is 9.78 Å². The van der Waals surface area contributed by atoms with Gasteiger partial charge in [0.25, 0.3) is 0 Å². The minimum absolute atomic E-state index is 0.190. The summed E-state index contributed by atoms with van der Waals surface area (Å²) in [6.07, 6.45) is 0. The van der Waals surface area contributed by atoms with E-state index in [1.807, 2.05) is 13.1 Å². The number of nitrogens with two attached hydrogens (primary N) is 1. The van der Waals surface area contributed by atoms with Crippen LogP contribution in [-0.4, -0.2) is 29.4 Å². The molecule has 1 aromatic rings. The van der Waals surface area contributed by atoms with E-state index in [9.17, 15) is 4.79 Å². The van der Waals surface area contributed by atoms with Crippen molar-refractivity contribution in [2.24, 2.45) is 24.1 Å².